The number of hydrogen-bond donors (Lipinski definition) is 1. The van der Waals surface area contributed by atoms with E-state index >= 15 is 0 Å². The molecule has 0 aliphatic carbocycles. The molecular weight excluding hydrogens is 325 g/mol. The Hall–Kier alpha value is -0.840. The average molecular weight is 339 g/mol. The van der Waals surface area contributed by atoms with Gasteiger partial charge in [0.15, 0.2) is 0 Å². The van der Waals surface area contributed by atoms with Crippen molar-refractivity contribution in [3.05, 3.63) is 27.2 Å². The first-order chi connectivity index (χ1) is 9.36. The molecule has 4 nitrogen and oxygen atoms in total. The minimum atomic E-state index is -0.940. The number of carbonyl (C=O) groups is 1. The Morgan fingerprint density at radius 3 is 2.55 bits per heavy atom. The van der Waals surface area contributed by atoms with Crippen LogP contribution >= 0.6 is 34.8 Å². The van der Waals surface area contributed by atoms with E-state index in [0.29, 0.717) is 28.9 Å². The number of carboxylic acid groups (broad SMARTS) is 1. The lowest BCUT2D eigenvalue weighted by Crippen LogP contribution is -2.48. The minimum absolute atomic E-state index is 0.0265. The molecular formula is C13H14Cl3NO3. The van der Waals surface area contributed by atoms with Crippen LogP contribution in [0.5, 0.6) is 5.75 Å². The van der Waals surface area contributed by atoms with Gasteiger partial charge in [0.2, 0.25) is 0 Å². The van der Waals surface area contributed by atoms with Gasteiger partial charge in [-0.3, -0.25) is 0 Å². The van der Waals surface area contributed by atoms with Gasteiger partial charge >= 0.3 is 6.09 Å². The smallest absolute Gasteiger partial charge is 0.407 e. The number of methoxy groups -OCH3 is 1. The molecule has 20 heavy (non-hydrogen) atoms. The van der Waals surface area contributed by atoms with Crippen LogP contribution in [0.3, 0.4) is 0 Å². The lowest BCUT2D eigenvalue weighted by molar-refractivity contribution is 0.105. The number of rotatable bonds is 3. The summed E-state index contributed by atoms with van der Waals surface area (Å²) in [6.45, 7) is 2.57. The molecule has 1 heterocycles. The molecule has 0 aromatic heterocycles. The second kappa shape index (κ2) is 5.88. The largest absolute Gasteiger partial charge is 0.496 e. The number of benzene rings is 1. The summed E-state index contributed by atoms with van der Waals surface area (Å²) in [7, 11) is 1.54. The van der Waals surface area contributed by atoms with Gasteiger partial charge in [-0.2, -0.15) is 0 Å². The van der Waals surface area contributed by atoms with Gasteiger partial charge in [0.05, 0.1) is 22.5 Å². The Kier molecular flexibility index (Phi) is 4.57. The molecule has 2 rings (SSSR count). The minimum Gasteiger partial charge on any atom is -0.496 e. The summed E-state index contributed by atoms with van der Waals surface area (Å²) in [5.74, 6) is 0.568. The highest BCUT2D eigenvalue weighted by Gasteiger charge is 2.36. The van der Waals surface area contributed by atoms with Gasteiger partial charge in [-0.05, 0) is 13.0 Å². The zero-order valence-electron chi connectivity index (χ0n) is 11.0. The fourth-order valence-corrected chi connectivity index (χ4v) is 3.03. The summed E-state index contributed by atoms with van der Waals surface area (Å²) < 4.78 is 5.43. The lowest BCUT2D eigenvalue weighted by Gasteiger charge is -2.38. The van der Waals surface area contributed by atoms with Crippen molar-refractivity contribution in [2.75, 3.05) is 20.2 Å². The molecule has 0 radical (unpaired) electrons. The number of nitrogens with zero attached hydrogens (tertiary/aromatic N) is 1. The summed E-state index contributed by atoms with van der Waals surface area (Å²) in [6, 6.07) is 1.69. The van der Waals surface area contributed by atoms with Gasteiger partial charge in [0.1, 0.15) is 5.75 Å². The van der Waals surface area contributed by atoms with Crippen LogP contribution in [0.25, 0.3) is 0 Å². The lowest BCUT2D eigenvalue weighted by atomic mass is 9.89. The third-order valence-electron chi connectivity index (χ3n) is 3.43. The Labute approximate surface area is 132 Å². The molecule has 1 aliphatic rings. The number of likely N-dealkylation sites (tertiary alicyclic amines) is 1. The summed E-state index contributed by atoms with van der Waals surface area (Å²) in [4.78, 5) is 12.2. The quantitative estimate of drug-likeness (QED) is 0.832. The van der Waals surface area contributed by atoms with Crippen molar-refractivity contribution in [3.63, 3.8) is 0 Å². The molecule has 1 fully saturated rings. The molecule has 1 saturated heterocycles. The number of hydrogen-bond acceptors (Lipinski definition) is 2. The first kappa shape index (κ1) is 15.5. The van der Waals surface area contributed by atoms with E-state index in [1.165, 1.54) is 4.90 Å². The maximum atomic E-state index is 10.9. The van der Waals surface area contributed by atoms with Crippen LogP contribution in [0.4, 0.5) is 4.79 Å². The first-order valence-electron chi connectivity index (χ1n) is 6.04. The molecule has 1 atom stereocenters. The van der Waals surface area contributed by atoms with Crippen molar-refractivity contribution in [1.29, 1.82) is 0 Å². The van der Waals surface area contributed by atoms with Crippen molar-refractivity contribution in [2.24, 2.45) is 0 Å². The highest BCUT2D eigenvalue weighted by molar-refractivity contribution is 6.42. The van der Waals surface area contributed by atoms with Crippen LogP contribution < -0.4 is 4.74 Å². The van der Waals surface area contributed by atoms with E-state index in [4.69, 9.17) is 44.6 Å². The van der Waals surface area contributed by atoms with Crippen LogP contribution in [0, 0.1) is 0 Å². The van der Waals surface area contributed by atoms with E-state index in [9.17, 15) is 4.79 Å². The second-order valence-electron chi connectivity index (χ2n) is 4.71. The van der Waals surface area contributed by atoms with E-state index in [2.05, 4.69) is 0 Å². The molecule has 0 spiro atoms. The highest BCUT2D eigenvalue weighted by Crippen LogP contribution is 2.46. The zero-order valence-corrected chi connectivity index (χ0v) is 13.3. The predicted molar refractivity (Wildman–Crippen MR) is 79.6 cm³/mol. The second-order valence-corrected chi connectivity index (χ2v) is 6.15. The monoisotopic (exact) mass is 337 g/mol. The van der Waals surface area contributed by atoms with Crippen molar-refractivity contribution < 1.29 is 14.6 Å². The number of ether oxygens (including phenoxy) is 1. The van der Waals surface area contributed by atoms with Crippen LogP contribution in [-0.4, -0.2) is 36.3 Å². The third kappa shape index (κ3) is 2.65. The Bertz CT molecular complexity index is 542. The Morgan fingerprint density at radius 2 is 2.10 bits per heavy atom. The highest BCUT2D eigenvalue weighted by atomic mass is 35.5. The van der Waals surface area contributed by atoms with Gasteiger partial charge in [0.25, 0.3) is 0 Å². The normalized spacial score (nSPS) is 16.8. The molecule has 0 bridgehead atoms. The molecule has 0 saturated carbocycles. The van der Waals surface area contributed by atoms with Crippen LogP contribution in [0.1, 0.15) is 29.3 Å². The first-order valence-corrected chi connectivity index (χ1v) is 7.23. The average Bonchev–Trinajstić information content (AvgIpc) is 2.31. The van der Waals surface area contributed by atoms with E-state index in [0.717, 1.165) is 11.1 Å². The van der Waals surface area contributed by atoms with Gasteiger partial charge in [-0.1, -0.05) is 23.2 Å². The van der Waals surface area contributed by atoms with E-state index in [1.807, 2.05) is 6.92 Å². The number of halogens is 3. The van der Waals surface area contributed by atoms with Gasteiger partial charge < -0.3 is 14.7 Å². The maximum Gasteiger partial charge on any atom is 0.407 e. The topological polar surface area (TPSA) is 49.8 Å². The maximum absolute atomic E-state index is 10.9. The van der Waals surface area contributed by atoms with Crippen molar-refractivity contribution in [2.45, 2.75) is 18.2 Å². The van der Waals surface area contributed by atoms with E-state index < -0.39 is 6.09 Å². The van der Waals surface area contributed by atoms with E-state index in [1.54, 1.807) is 13.2 Å². The number of amides is 1. The van der Waals surface area contributed by atoms with Crippen LogP contribution in [0.2, 0.25) is 10.0 Å². The van der Waals surface area contributed by atoms with Crippen LogP contribution in [0.15, 0.2) is 6.07 Å². The Balaban J connectivity index is 2.44. The van der Waals surface area contributed by atoms with E-state index in [-0.39, 0.29) is 11.3 Å². The molecule has 1 amide bonds. The zero-order chi connectivity index (χ0) is 15.0. The molecule has 1 unspecified atom stereocenters. The van der Waals surface area contributed by atoms with Gasteiger partial charge in [-0.25, -0.2) is 4.79 Å². The van der Waals surface area contributed by atoms with Gasteiger partial charge in [0, 0.05) is 30.1 Å². The third-order valence-corrected chi connectivity index (χ3v) is 4.47. The Morgan fingerprint density at radius 1 is 1.50 bits per heavy atom. The summed E-state index contributed by atoms with van der Waals surface area (Å²) in [5.41, 5.74) is 1.49. The standard InChI is InChI=1S/C13H14Cl3NO3/c1-6(14)8-3-9(15)11(16)10(12(8)20-2)7-4-17(5-7)13(18)19/h3,6-7H,4-5H2,1-2H3,(H,18,19). The fraction of sp³-hybridized carbons (Fsp3) is 0.462. The fourth-order valence-electron chi connectivity index (χ4n) is 2.35. The number of alkyl halides is 1. The summed E-state index contributed by atoms with van der Waals surface area (Å²) >= 11 is 18.5. The molecule has 1 aliphatic heterocycles. The summed E-state index contributed by atoms with van der Waals surface area (Å²) in [6.07, 6.45) is -0.940. The SMILES string of the molecule is COc1c(C(C)Cl)cc(Cl)c(Cl)c1C1CN(C(=O)O)C1. The predicted octanol–water partition coefficient (Wildman–Crippen LogP) is 4.38. The molecule has 7 heteroatoms. The van der Waals surface area contributed by atoms with Crippen molar-refractivity contribution in [1.82, 2.24) is 4.90 Å². The molecule has 1 aromatic rings. The van der Waals surface area contributed by atoms with Gasteiger partial charge in [-0.15, -0.1) is 11.6 Å². The molecule has 1 N–H and O–H groups in total. The summed E-state index contributed by atoms with van der Waals surface area (Å²) in [5, 5.41) is 9.43. The van der Waals surface area contributed by atoms with Crippen LogP contribution in [-0.2, 0) is 0 Å². The molecule has 110 valence electrons. The van der Waals surface area contributed by atoms with Crippen molar-refractivity contribution >= 4 is 40.9 Å². The van der Waals surface area contributed by atoms with Crippen molar-refractivity contribution in [3.8, 4) is 5.75 Å². The molecule has 1 aromatic carbocycles.